The Kier molecular flexibility index (Phi) is 5.38. The fraction of sp³-hybridized carbons (Fsp3) is 0.333. The smallest absolute Gasteiger partial charge is 0.316 e. The number of aromatic amines is 1. The van der Waals surface area contributed by atoms with Crippen LogP contribution in [0.4, 0.5) is 0 Å². The molecule has 2 aromatic rings. The molecule has 1 unspecified atom stereocenters. The number of aromatic nitrogens is 3. The van der Waals surface area contributed by atoms with Crippen LogP contribution >= 0.6 is 11.8 Å². The van der Waals surface area contributed by atoms with Gasteiger partial charge in [0.25, 0.3) is 5.56 Å². The molecule has 0 bridgehead atoms. The summed E-state index contributed by atoms with van der Waals surface area (Å²) >= 11 is 0.930. The van der Waals surface area contributed by atoms with Crippen molar-refractivity contribution < 1.29 is 14.6 Å². The van der Waals surface area contributed by atoms with Crippen LogP contribution in [0.2, 0.25) is 0 Å². The van der Waals surface area contributed by atoms with Crippen LogP contribution in [-0.2, 0) is 4.79 Å². The van der Waals surface area contributed by atoms with Crippen molar-refractivity contribution in [1.82, 2.24) is 15.2 Å². The van der Waals surface area contributed by atoms with E-state index in [0.29, 0.717) is 11.3 Å². The number of carboxylic acid groups (broad SMARTS) is 1. The Morgan fingerprint density at radius 1 is 1.22 bits per heavy atom. The lowest BCUT2D eigenvalue weighted by molar-refractivity contribution is -0.136. The molecule has 122 valence electrons. The fourth-order valence-corrected chi connectivity index (χ4v) is 2.42. The Hall–Kier alpha value is -2.35. The minimum atomic E-state index is -0.984. The highest BCUT2D eigenvalue weighted by Crippen LogP contribution is 2.21. The normalized spacial score (nSPS) is 12.2. The highest BCUT2D eigenvalue weighted by atomic mass is 32.2. The Labute approximate surface area is 137 Å². The van der Waals surface area contributed by atoms with Gasteiger partial charge in [-0.1, -0.05) is 11.8 Å². The number of benzene rings is 1. The van der Waals surface area contributed by atoms with Crippen molar-refractivity contribution in [2.75, 3.05) is 0 Å². The maximum Gasteiger partial charge on any atom is 0.316 e. The molecule has 0 saturated carbocycles. The molecule has 23 heavy (non-hydrogen) atoms. The third-order valence-electron chi connectivity index (χ3n) is 2.81. The van der Waals surface area contributed by atoms with E-state index in [0.717, 1.165) is 11.8 Å². The van der Waals surface area contributed by atoms with Crippen molar-refractivity contribution in [2.45, 2.75) is 37.3 Å². The molecule has 0 fully saturated rings. The quantitative estimate of drug-likeness (QED) is 0.779. The van der Waals surface area contributed by atoms with E-state index < -0.39 is 16.8 Å². The summed E-state index contributed by atoms with van der Waals surface area (Å²) in [6, 6.07) is 6.96. The molecule has 0 saturated heterocycles. The van der Waals surface area contributed by atoms with E-state index in [9.17, 15) is 9.59 Å². The topological polar surface area (TPSA) is 105 Å². The summed E-state index contributed by atoms with van der Waals surface area (Å²) in [4.78, 5) is 25.5. The Bertz CT molecular complexity index is 743. The molecule has 1 aromatic carbocycles. The molecule has 2 rings (SSSR count). The van der Waals surface area contributed by atoms with Gasteiger partial charge in [0.1, 0.15) is 11.0 Å². The Morgan fingerprint density at radius 3 is 2.39 bits per heavy atom. The highest BCUT2D eigenvalue weighted by molar-refractivity contribution is 8.00. The van der Waals surface area contributed by atoms with E-state index in [-0.39, 0.29) is 17.0 Å². The van der Waals surface area contributed by atoms with Crippen LogP contribution < -0.4 is 10.3 Å². The van der Waals surface area contributed by atoms with Crippen LogP contribution in [0.5, 0.6) is 5.75 Å². The number of hydrogen-bond acceptors (Lipinski definition) is 6. The predicted molar refractivity (Wildman–Crippen MR) is 86.8 cm³/mol. The fourth-order valence-electron chi connectivity index (χ4n) is 1.75. The van der Waals surface area contributed by atoms with E-state index in [1.807, 2.05) is 13.8 Å². The zero-order chi connectivity index (χ0) is 17.0. The number of carboxylic acids is 1. The minimum absolute atomic E-state index is 0.0663. The van der Waals surface area contributed by atoms with Gasteiger partial charge in [0.15, 0.2) is 10.9 Å². The molecule has 0 amide bonds. The lowest BCUT2D eigenvalue weighted by Gasteiger charge is -2.09. The standard InChI is InChI=1S/C15H17N3O4S/c1-8(2)22-11-6-4-10(5-7-11)12-13(19)16-15(18-17-12)23-9(3)14(20)21/h4-9H,1-3H3,(H,20,21)(H,16,18,19). The summed E-state index contributed by atoms with van der Waals surface area (Å²) < 4.78 is 5.54. The van der Waals surface area contributed by atoms with Crippen molar-refractivity contribution in [3.05, 3.63) is 34.6 Å². The largest absolute Gasteiger partial charge is 0.491 e. The summed E-state index contributed by atoms with van der Waals surface area (Å²) in [5.74, 6) is -0.280. The predicted octanol–water partition coefficient (Wildman–Crippen LogP) is 2.18. The average molecular weight is 335 g/mol. The number of nitrogens with zero attached hydrogens (tertiary/aromatic N) is 2. The summed E-state index contributed by atoms with van der Waals surface area (Å²) in [5, 5.41) is 16.1. The lowest BCUT2D eigenvalue weighted by Crippen LogP contribution is -2.17. The SMILES string of the molecule is CC(C)Oc1ccc(-c2nnc(SC(C)C(=O)O)[nH]c2=O)cc1. The molecule has 1 heterocycles. The van der Waals surface area contributed by atoms with Crippen LogP contribution in [0.15, 0.2) is 34.2 Å². The van der Waals surface area contributed by atoms with Gasteiger partial charge in [-0.2, -0.15) is 0 Å². The Morgan fingerprint density at radius 2 is 1.87 bits per heavy atom. The first-order valence-electron chi connectivity index (χ1n) is 7.00. The molecule has 2 N–H and O–H groups in total. The van der Waals surface area contributed by atoms with Gasteiger partial charge in [0.2, 0.25) is 0 Å². The van der Waals surface area contributed by atoms with Crippen LogP contribution in [-0.4, -0.2) is 37.6 Å². The number of carbonyl (C=O) groups is 1. The number of H-pyrrole nitrogens is 1. The van der Waals surface area contributed by atoms with Crippen LogP contribution in [0.25, 0.3) is 11.3 Å². The number of ether oxygens (including phenoxy) is 1. The molecule has 1 atom stereocenters. The first-order valence-corrected chi connectivity index (χ1v) is 7.88. The highest BCUT2D eigenvalue weighted by Gasteiger charge is 2.15. The van der Waals surface area contributed by atoms with Crippen molar-refractivity contribution >= 4 is 17.7 Å². The molecule has 0 radical (unpaired) electrons. The van der Waals surface area contributed by atoms with E-state index in [1.165, 1.54) is 6.92 Å². The molecule has 1 aromatic heterocycles. The van der Waals surface area contributed by atoms with Crippen LogP contribution in [0.1, 0.15) is 20.8 Å². The summed E-state index contributed by atoms with van der Waals surface area (Å²) in [6.45, 7) is 5.37. The van der Waals surface area contributed by atoms with Crippen molar-refractivity contribution in [1.29, 1.82) is 0 Å². The number of aliphatic carboxylic acids is 1. The molecular formula is C15H17N3O4S. The first kappa shape index (κ1) is 17.0. The second-order valence-corrected chi connectivity index (χ2v) is 6.43. The van der Waals surface area contributed by atoms with E-state index >= 15 is 0 Å². The molecule has 8 heteroatoms. The molecule has 0 aliphatic heterocycles. The van der Waals surface area contributed by atoms with E-state index in [4.69, 9.17) is 9.84 Å². The molecule has 0 spiro atoms. The van der Waals surface area contributed by atoms with Crippen LogP contribution in [0.3, 0.4) is 0 Å². The minimum Gasteiger partial charge on any atom is -0.491 e. The maximum atomic E-state index is 12.1. The number of nitrogens with one attached hydrogen (secondary N) is 1. The molecule has 0 aliphatic rings. The van der Waals surface area contributed by atoms with Crippen molar-refractivity contribution in [3.63, 3.8) is 0 Å². The van der Waals surface area contributed by atoms with Gasteiger partial charge in [-0.25, -0.2) is 0 Å². The summed E-state index contributed by atoms with van der Waals surface area (Å²) in [7, 11) is 0. The van der Waals surface area contributed by atoms with Gasteiger partial charge in [0.05, 0.1) is 6.10 Å². The van der Waals surface area contributed by atoms with Crippen molar-refractivity contribution in [2.24, 2.45) is 0 Å². The number of hydrogen-bond donors (Lipinski definition) is 2. The maximum absolute atomic E-state index is 12.1. The molecular weight excluding hydrogens is 318 g/mol. The van der Waals surface area contributed by atoms with Gasteiger partial charge in [-0.05, 0) is 45.0 Å². The van der Waals surface area contributed by atoms with Gasteiger partial charge in [-0.15, -0.1) is 10.2 Å². The third-order valence-corrected chi connectivity index (χ3v) is 3.77. The monoisotopic (exact) mass is 335 g/mol. The van der Waals surface area contributed by atoms with E-state index in [2.05, 4.69) is 15.2 Å². The Balaban J connectivity index is 2.20. The van der Waals surface area contributed by atoms with Crippen molar-refractivity contribution in [3.8, 4) is 17.0 Å². The zero-order valence-electron chi connectivity index (χ0n) is 12.9. The lowest BCUT2D eigenvalue weighted by atomic mass is 10.1. The molecule has 0 aliphatic carbocycles. The second-order valence-electron chi connectivity index (χ2n) is 5.10. The average Bonchev–Trinajstić information content (AvgIpc) is 2.48. The summed E-state index contributed by atoms with van der Waals surface area (Å²) in [5.41, 5.74) is 0.365. The summed E-state index contributed by atoms with van der Waals surface area (Å²) in [6.07, 6.45) is 0.0663. The van der Waals surface area contributed by atoms with Gasteiger partial charge >= 0.3 is 5.97 Å². The molecule has 7 nitrogen and oxygen atoms in total. The van der Waals surface area contributed by atoms with E-state index in [1.54, 1.807) is 24.3 Å². The first-order chi connectivity index (χ1) is 10.9. The number of thioether (sulfide) groups is 1. The second kappa shape index (κ2) is 7.28. The zero-order valence-corrected chi connectivity index (χ0v) is 13.8. The van der Waals surface area contributed by atoms with Gasteiger partial charge in [0, 0.05) is 5.56 Å². The van der Waals surface area contributed by atoms with Gasteiger partial charge < -0.3 is 9.84 Å². The van der Waals surface area contributed by atoms with Crippen LogP contribution in [0, 0.1) is 0 Å². The third kappa shape index (κ3) is 4.56. The number of rotatable bonds is 6. The van der Waals surface area contributed by atoms with Gasteiger partial charge in [-0.3, -0.25) is 14.6 Å².